The second kappa shape index (κ2) is 6.89. The van der Waals surface area contributed by atoms with Crippen molar-refractivity contribution in [1.29, 1.82) is 0 Å². The molecule has 6 nitrogen and oxygen atoms in total. The molecule has 2 aliphatic rings. The fourth-order valence-corrected chi connectivity index (χ4v) is 4.58. The highest BCUT2D eigenvalue weighted by Crippen LogP contribution is 2.40. The van der Waals surface area contributed by atoms with Gasteiger partial charge >= 0.3 is 0 Å². The minimum atomic E-state index is -0.775. The van der Waals surface area contributed by atoms with Crippen LogP contribution < -0.4 is 9.80 Å². The lowest BCUT2D eigenvalue weighted by atomic mass is 9.85. The van der Waals surface area contributed by atoms with Crippen molar-refractivity contribution >= 4 is 45.8 Å². The first kappa shape index (κ1) is 19.9. The average Bonchev–Trinajstić information content (AvgIpc) is 2.83. The summed E-state index contributed by atoms with van der Waals surface area (Å²) < 4.78 is 28.9. The van der Waals surface area contributed by atoms with Crippen molar-refractivity contribution in [2.24, 2.45) is 0 Å². The van der Waals surface area contributed by atoms with Crippen LogP contribution in [0.25, 0.3) is 10.8 Å². The quantitative estimate of drug-likeness (QED) is 0.411. The molecule has 0 unspecified atom stereocenters. The van der Waals surface area contributed by atoms with E-state index in [0.29, 0.717) is 0 Å². The molecule has 164 valence electrons. The van der Waals surface area contributed by atoms with Gasteiger partial charge in [-0.2, -0.15) is 0 Å². The zero-order chi connectivity index (χ0) is 23.7. The third-order valence-electron chi connectivity index (χ3n) is 6.08. The molecule has 0 aromatic heterocycles. The Balaban J connectivity index is 1.59. The summed E-state index contributed by atoms with van der Waals surface area (Å²) in [5, 5.41) is 0.292. The van der Waals surface area contributed by atoms with E-state index in [0.717, 1.165) is 21.9 Å². The lowest BCUT2D eigenvalue weighted by Crippen LogP contribution is -2.44. The van der Waals surface area contributed by atoms with Gasteiger partial charge in [0.2, 0.25) is 0 Å². The van der Waals surface area contributed by atoms with Crippen molar-refractivity contribution in [3.63, 3.8) is 0 Å². The molecule has 0 spiro atoms. The van der Waals surface area contributed by atoms with Gasteiger partial charge in [0, 0.05) is 33.0 Å². The second-order valence-corrected chi connectivity index (χ2v) is 7.87. The van der Waals surface area contributed by atoms with Crippen LogP contribution in [0.5, 0.6) is 0 Å². The molecule has 8 heteroatoms. The first-order valence-electron chi connectivity index (χ1n) is 10.3. The Hall–Kier alpha value is -4.72. The predicted octanol–water partition coefficient (Wildman–Crippen LogP) is 4.72. The number of benzene rings is 4. The van der Waals surface area contributed by atoms with Gasteiger partial charge < -0.3 is 0 Å². The highest BCUT2D eigenvalue weighted by Gasteiger charge is 2.41. The van der Waals surface area contributed by atoms with Crippen molar-refractivity contribution in [3.8, 4) is 0 Å². The van der Waals surface area contributed by atoms with Crippen LogP contribution in [0.15, 0.2) is 72.8 Å². The van der Waals surface area contributed by atoms with E-state index in [4.69, 9.17) is 0 Å². The van der Waals surface area contributed by atoms with E-state index < -0.39 is 35.3 Å². The first-order chi connectivity index (χ1) is 16.4. The molecule has 0 atom stereocenters. The maximum Gasteiger partial charge on any atom is 0.266 e. The Kier molecular flexibility index (Phi) is 4.04. The standard InChI is InChI=1S/C26H12F2N2O4/c27-17-5-1-3-7-19(17)29-23(31)13-9-11-15-22-16(12-10-14(21(13)22)24(29)32)26(34)30(25(15)33)20-8-4-2-6-18(20)28/h1-12H. The maximum absolute atomic E-state index is 14.4. The SMILES string of the molecule is O=C1c2ccc3c4c(ccc(c24)C(=O)N1c1ccccc1F)C(=O)N(c1ccccc1F)C3=O. The van der Waals surface area contributed by atoms with Crippen molar-refractivity contribution in [3.05, 3.63) is 107 Å². The van der Waals surface area contributed by atoms with Crippen LogP contribution in [0.2, 0.25) is 0 Å². The summed E-state index contributed by atoms with van der Waals surface area (Å²) in [7, 11) is 0. The third kappa shape index (κ3) is 2.47. The largest absolute Gasteiger partial charge is 0.268 e. The van der Waals surface area contributed by atoms with Crippen LogP contribution in [0, 0.1) is 11.6 Å². The molecular formula is C26H12F2N2O4. The molecule has 2 aliphatic heterocycles. The van der Waals surface area contributed by atoms with Crippen LogP contribution >= 0.6 is 0 Å². The number of anilines is 2. The van der Waals surface area contributed by atoms with Gasteiger partial charge in [-0.25, -0.2) is 18.6 Å². The third-order valence-corrected chi connectivity index (χ3v) is 6.08. The molecule has 6 rings (SSSR count). The van der Waals surface area contributed by atoms with Crippen LogP contribution in [0.3, 0.4) is 0 Å². The normalized spacial score (nSPS) is 14.9. The molecule has 0 radical (unpaired) electrons. The summed E-state index contributed by atoms with van der Waals surface area (Å²) in [4.78, 5) is 54.7. The van der Waals surface area contributed by atoms with E-state index in [9.17, 15) is 28.0 Å². The Morgan fingerprint density at radius 1 is 0.441 bits per heavy atom. The molecule has 4 aromatic carbocycles. The summed E-state index contributed by atoms with van der Waals surface area (Å²) in [6, 6.07) is 16.2. The number of amides is 4. The van der Waals surface area contributed by atoms with Gasteiger partial charge in [-0.1, -0.05) is 24.3 Å². The number of para-hydroxylation sites is 2. The molecule has 0 N–H and O–H groups in total. The average molecular weight is 454 g/mol. The lowest BCUT2D eigenvalue weighted by molar-refractivity contribution is 0.0872. The minimum Gasteiger partial charge on any atom is -0.268 e. The molecule has 0 saturated carbocycles. The topological polar surface area (TPSA) is 74.8 Å². The number of halogens is 2. The Morgan fingerprint density at radius 3 is 1.03 bits per heavy atom. The summed E-state index contributed by atoms with van der Waals surface area (Å²) in [5.41, 5.74) is -0.183. The molecule has 4 aromatic rings. The Bertz CT molecular complexity index is 1440. The lowest BCUT2D eigenvalue weighted by Gasteiger charge is -2.32. The number of carbonyl (C=O) groups excluding carboxylic acids is 4. The Labute approximate surface area is 190 Å². The highest BCUT2D eigenvalue weighted by molar-refractivity contribution is 6.42. The maximum atomic E-state index is 14.4. The molecule has 0 fully saturated rings. The van der Waals surface area contributed by atoms with Crippen LogP contribution in [-0.2, 0) is 0 Å². The van der Waals surface area contributed by atoms with Crippen LogP contribution in [-0.4, -0.2) is 23.6 Å². The van der Waals surface area contributed by atoms with E-state index in [2.05, 4.69) is 0 Å². The zero-order valence-corrected chi connectivity index (χ0v) is 17.2. The van der Waals surface area contributed by atoms with E-state index in [1.54, 1.807) is 0 Å². The van der Waals surface area contributed by atoms with Gasteiger partial charge in [0.1, 0.15) is 11.6 Å². The van der Waals surface area contributed by atoms with Crippen LogP contribution in [0.1, 0.15) is 41.4 Å². The Morgan fingerprint density at radius 2 is 0.735 bits per heavy atom. The zero-order valence-electron chi connectivity index (χ0n) is 17.2. The van der Waals surface area contributed by atoms with E-state index in [-0.39, 0.29) is 44.4 Å². The van der Waals surface area contributed by atoms with E-state index in [1.165, 1.54) is 60.7 Å². The smallest absolute Gasteiger partial charge is 0.266 e. The molecular weight excluding hydrogens is 442 g/mol. The fourth-order valence-electron chi connectivity index (χ4n) is 4.58. The first-order valence-corrected chi connectivity index (χ1v) is 10.3. The molecule has 0 bridgehead atoms. The van der Waals surface area contributed by atoms with Gasteiger partial charge in [-0.05, 0) is 48.5 Å². The molecule has 0 saturated heterocycles. The van der Waals surface area contributed by atoms with Gasteiger partial charge in [0.15, 0.2) is 0 Å². The van der Waals surface area contributed by atoms with Crippen molar-refractivity contribution in [2.75, 3.05) is 9.80 Å². The van der Waals surface area contributed by atoms with Crippen LogP contribution in [0.4, 0.5) is 20.2 Å². The number of rotatable bonds is 2. The number of imide groups is 2. The predicted molar refractivity (Wildman–Crippen MR) is 119 cm³/mol. The van der Waals surface area contributed by atoms with E-state index >= 15 is 0 Å². The van der Waals surface area contributed by atoms with Gasteiger partial charge in [0.25, 0.3) is 23.6 Å². The monoisotopic (exact) mass is 454 g/mol. The minimum absolute atomic E-state index is 0.0541. The summed E-state index contributed by atoms with van der Waals surface area (Å²) in [6.45, 7) is 0. The number of carbonyl (C=O) groups is 4. The molecule has 0 aliphatic carbocycles. The highest BCUT2D eigenvalue weighted by atomic mass is 19.1. The second-order valence-electron chi connectivity index (χ2n) is 7.87. The molecule has 2 heterocycles. The van der Waals surface area contributed by atoms with E-state index in [1.807, 2.05) is 0 Å². The summed E-state index contributed by atoms with van der Waals surface area (Å²) in [6.07, 6.45) is 0. The van der Waals surface area contributed by atoms with Gasteiger partial charge in [-0.15, -0.1) is 0 Å². The van der Waals surface area contributed by atoms with Crippen molar-refractivity contribution < 1.29 is 28.0 Å². The van der Waals surface area contributed by atoms with Crippen molar-refractivity contribution in [2.45, 2.75) is 0 Å². The van der Waals surface area contributed by atoms with Crippen molar-refractivity contribution in [1.82, 2.24) is 0 Å². The number of hydrogen-bond donors (Lipinski definition) is 0. The van der Waals surface area contributed by atoms with Gasteiger partial charge in [-0.3, -0.25) is 19.2 Å². The summed E-state index contributed by atoms with van der Waals surface area (Å²) >= 11 is 0. The molecule has 4 amide bonds. The molecule has 34 heavy (non-hydrogen) atoms. The van der Waals surface area contributed by atoms with Gasteiger partial charge in [0.05, 0.1) is 11.4 Å². The number of nitrogens with zero attached hydrogens (tertiary/aromatic N) is 2. The fraction of sp³-hybridized carbons (Fsp3) is 0. The number of hydrogen-bond acceptors (Lipinski definition) is 4. The summed E-state index contributed by atoms with van der Waals surface area (Å²) in [5.74, 6) is -4.59.